The molecular formula is C23H35BrO2. The maximum absolute atomic E-state index is 12.1. The standard InChI is InChI=1S/C23H35BrO2/c1-5-6-9-18-16(3)22(25)26-21(18)13-15(2)19-10-11-20-17(14-24)8-7-12-23(19,20)4/h14-15,18-21H,3,5-13H2,1-2,4H3/b17-14+/t15-,18+,19-,20+,21-,23-/m1/s1. The van der Waals surface area contributed by atoms with Crippen molar-refractivity contribution in [1.29, 1.82) is 0 Å². The minimum Gasteiger partial charge on any atom is -0.458 e. The highest BCUT2D eigenvalue weighted by molar-refractivity contribution is 9.11. The molecule has 3 heteroatoms. The van der Waals surface area contributed by atoms with Gasteiger partial charge in [-0.2, -0.15) is 0 Å². The van der Waals surface area contributed by atoms with Gasteiger partial charge >= 0.3 is 5.97 Å². The molecule has 0 aromatic carbocycles. The Morgan fingerprint density at radius 3 is 2.88 bits per heavy atom. The Kier molecular flexibility index (Phi) is 6.37. The van der Waals surface area contributed by atoms with E-state index in [1.807, 2.05) is 0 Å². The van der Waals surface area contributed by atoms with Gasteiger partial charge in [-0.1, -0.05) is 61.7 Å². The van der Waals surface area contributed by atoms with E-state index in [4.69, 9.17) is 4.74 Å². The molecule has 0 spiro atoms. The van der Waals surface area contributed by atoms with Gasteiger partial charge in [0.15, 0.2) is 0 Å². The predicted octanol–water partition coefficient (Wildman–Crippen LogP) is 6.80. The van der Waals surface area contributed by atoms with Crippen LogP contribution < -0.4 is 0 Å². The number of unbranched alkanes of at least 4 members (excludes halogenated alkanes) is 1. The normalized spacial score (nSPS) is 39.9. The first-order chi connectivity index (χ1) is 12.4. The molecule has 3 aliphatic rings. The second-order valence-electron chi connectivity index (χ2n) is 9.21. The summed E-state index contributed by atoms with van der Waals surface area (Å²) in [6, 6.07) is 0. The molecule has 1 saturated heterocycles. The summed E-state index contributed by atoms with van der Waals surface area (Å²) in [4.78, 5) is 14.3. The summed E-state index contributed by atoms with van der Waals surface area (Å²) in [5.74, 6) is 2.14. The van der Waals surface area contributed by atoms with Gasteiger partial charge in [0.05, 0.1) is 0 Å². The summed E-state index contributed by atoms with van der Waals surface area (Å²) in [6.07, 6.45) is 10.9. The van der Waals surface area contributed by atoms with Crippen LogP contribution in [0.2, 0.25) is 0 Å². The lowest BCUT2D eigenvalue weighted by Crippen LogP contribution is -2.37. The van der Waals surface area contributed by atoms with Crippen LogP contribution in [0.3, 0.4) is 0 Å². The number of ether oxygens (including phenoxy) is 1. The maximum Gasteiger partial charge on any atom is 0.334 e. The van der Waals surface area contributed by atoms with Crippen LogP contribution in [0, 0.1) is 29.1 Å². The molecule has 0 N–H and O–H groups in total. The third-order valence-electron chi connectivity index (χ3n) is 7.75. The fourth-order valence-corrected chi connectivity index (χ4v) is 6.89. The van der Waals surface area contributed by atoms with E-state index < -0.39 is 0 Å². The molecule has 0 unspecified atom stereocenters. The summed E-state index contributed by atoms with van der Waals surface area (Å²) in [5.41, 5.74) is 2.75. The van der Waals surface area contributed by atoms with Crippen LogP contribution in [0.5, 0.6) is 0 Å². The van der Waals surface area contributed by atoms with E-state index in [0.717, 1.165) is 37.5 Å². The Morgan fingerprint density at radius 1 is 1.42 bits per heavy atom. The Bertz CT molecular complexity index is 581. The number of cyclic esters (lactones) is 1. The van der Waals surface area contributed by atoms with Crippen LogP contribution in [-0.2, 0) is 9.53 Å². The monoisotopic (exact) mass is 422 g/mol. The zero-order valence-corrected chi connectivity index (χ0v) is 18.3. The van der Waals surface area contributed by atoms with Gasteiger partial charge in [-0.15, -0.1) is 0 Å². The number of hydrogen-bond acceptors (Lipinski definition) is 2. The molecule has 1 heterocycles. The van der Waals surface area contributed by atoms with Gasteiger partial charge in [0.1, 0.15) is 6.10 Å². The van der Waals surface area contributed by atoms with Crippen molar-refractivity contribution < 1.29 is 9.53 Å². The molecule has 3 rings (SSSR count). The quantitative estimate of drug-likeness (QED) is 0.347. The van der Waals surface area contributed by atoms with Crippen LogP contribution in [0.25, 0.3) is 0 Å². The number of rotatable bonds is 6. The second kappa shape index (κ2) is 8.20. The van der Waals surface area contributed by atoms with Crippen molar-refractivity contribution in [1.82, 2.24) is 0 Å². The first-order valence-electron chi connectivity index (χ1n) is 10.6. The van der Waals surface area contributed by atoms with Gasteiger partial charge in [0.25, 0.3) is 0 Å². The molecule has 0 radical (unpaired) electrons. The molecule has 1 aliphatic heterocycles. The molecule has 26 heavy (non-hydrogen) atoms. The number of halogens is 1. The molecule has 146 valence electrons. The summed E-state index contributed by atoms with van der Waals surface area (Å²) >= 11 is 3.62. The third-order valence-corrected chi connectivity index (χ3v) is 8.34. The molecule has 2 aliphatic carbocycles. The SMILES string of the molecule is C=C1C(=O)O[C@H](C[C@@H](C)[C@H]2CC[C@H]3/C(=C/Br)CCC[C@]23C)[C@H]1CCCC. The van der Waals surface area contributed by atoms with E-state index >= 15 is 0 Å². The number of esters is 1. The minimum absolute atomic E-state index is 0.0500. The van der Waals surface area contributed by atoms with Crippen molar-refractivity contribution in [3.05, 3.63) is 22.7 Å². The van der Waals surface area contributed by atoms with Crippen molar-refractivity contribution in [3.63, 3.8) is 0 Å². The molecule has 2 nitrogen and oxygen atoms in total. The van der Waals surface area contributed by atoms with Crippen molar-refractivity contribution >= 4 is 21.9 Å². The smallest absolute Gasteiger partial charge is 0.334 e. The molecule has 0 bridgehead atoms. The molecule has 0 amide bonds. The zero-order chi connectivity index (χ0) is 18.9. The highest BCUT2D eigenvalue weighted by atomic mass is 79.9. The summed E-state index contributed by atoms with van der Waals surface area (Å²) in [5, 5.41) is 0. The average Bonchev–Trinajstić information content (AvgIpc) is 3.10. The van der Waals surface area contributed by atoms with E-state index in [1.54, 1.807) is 5.57 Å². The van der Waals surface area contributed by atoms with E-state index in [1.165, 1.54) is 32.1 Å². The number of fused-ring (bicyclic) bond motifs is 1. The number of allylic oxidation sites excluding steroid dienone is 1. The van der Waals surface area contributed by atoms with Crippen molar-refractivity contribution in [3.8, 4) is 0 Å². The fraction of sp³-hybridized carbons (Fsp3) is 0.783. The Hall–Kier alpha value is -0.570. The first kappa shape index (κ1) is 20.2. The summed E-state index contributed by atoms with van der Waals surface area (Å²) in [6.45, 7) is 11.2. The van der Waals surface area contributed by atoms with Gasteiger partial charge in [-0.3, -0.25) is 0 Å². The van der Waals surface area contributed by atoms with E-state index in [9.17, 15) is 4.79 Å². The number of carbonyl (C=O) groups is 1. The summed E-state index contributed by atoms with van der Waals surface area (Å²) < 4.78 is 5.77. The van der Waals surface area contributed by atoms with E-state index in [-0.39, 0.29) is 18.0 Å². The maximum atomic E-state index is 12.1. The van der Waals surface area contributed by atoms with Crippen LogP contribution in [0.4, 0.5) is 0 Å². The second-order valence-corrected chi connectivity index (χ2v) is 9.67. The highest BCUT2D eigenvalue weighted by Gasteiger charge is 2.51. The lowest BCUT2D eigenvalue weighted by Gasteiger charge is -2.44. The Labute approximate surface area is 168 Å². The first-order valence-corrected chi connectivity index (χ1v) is 11.5. The van der Waals surface area contributed by atoms with Gasteiger partial charge in [-0.05, 0) is 73.1 Å². The van der Waals surface area contributed by atoms with E-state index in [0.29, 0.717) is 16.9 Å². The van der Waals surface area contributed by atoms with Gasteiger partial charge < -0.3 is 4.74 Å². The van der Waals surface area contributed by atoms with Crippen molar-refractivity contribution in [2.45, 2.75) is 84.7 Å². The van der Waals surface area contributed by atoms with Crippen LogP contribution in [0.1, 0.15) is 78.6 Å². The largest absolute Gasteiger partial charge is 0.458 e. The molecule has 0 aromatic rings. The highest BCUT2D eigenvalue weighted by Crippen LogP contribution is 2.60. The van der Waals surface area contributed by atoms with Gasteiger partial charge in [-0.25, -0.2) is 4.79 Å². The Balaban J connectivity index is 1.70. The van der Waals surface area contributed by atoms with Gasteiger partial charge in [0.2, 0.25) is 0 Å². The molecule has 3 fully saturated rings. The van der Waals surface area contributed by atoms with E-state index in [2.05, 4.69) is 48.3 Å². The minimum atomic E-state index is -0.152. The molecule has 0 aromatic heterocycles. The number of carbonyl (C=O) groups excluding carboxylic acids is 1. The molecule has 6 atom stereocenters. The molecule has 2 saturated carbocycles. The van der Waals surface area contributed by atoms with Crippen LogP contribution >= 0.6 is 15.9 Å². The summed E-state index contributed by atoms with van der Waals surface area (Å²) in [7, 11) is 0. The lowest BCUT2D eigenvalue weighted by atomic mass is 9.61. The van der Waals surface area contributed by atoms with Crippen LogP contribution in [0.15, 0.2) is 22.7 Å². The predicted molar refractivity (Wildman–Crippen MR) is 111 cm³/mol. The molecular weight excluding hydrogens is 388 g/mol. The van der Waals surface area contributed by atoms with Crippen molar-refractivity contribution in [2.75, 3.05) is 0 Å². The average molecular weight is 423 g/mol. The zero-order valence-electron chi connectivity index (χ0n) is 16.7. The lowest BCUT2D eigenvalue weighted by molar-refractivity contribution is -0.140. The van der Waals surface area contributed by atoms with Crippen LogP contribution in [-0.4, -0.2) is 12.1 Å². The topological polar surface area (TPSA) is 26.3 Å². The fourth-order valence-electron chi connectivity index (χ4n) is 6.34. The van der Waals surface area contributed by atoms with Crippen molar-refractivity contribution in [2.24, 2.45) is 29.1 Å². The number of hydrogen-bond donors (Lipinski definition) is 0. The third kappa shape index (κ3) is 3.57. The Morgan fingerprint density at radius 2 is 2.19 bits per heavy atom. The van der Waals surface area contributed by atoms with Gasteiger partial charge in [0, 0.05) is 11.5 Å².